The second-order valence-electron chi connectivity index (χ2n) is 7.87. The van der Waals surface area contributed by atoms with Gasteiger partial charge in [-0.15, -0.1) is 0 Å². The highest BCUT2D eigenvalue weighted by Gasteiger charge is 2.34. The molecule has 0 aliphatic carbocycles. The molecular weight excluding hydrogens is 446 g/mol. The fourth-order valence-corrected chi connectivity index (χ4v) is 3.79. The van der Waals surface area contributed by atoms with Gasteiger partial charge in [0, 0.05) is 42.8 Å². The molecule has 0 atom stereocenters. The van der Waals surface area contributed by atoms with Crippen LogP contribution in [0.4, 0.5) is 17.2 Å². The summed E-state index contributed by atoms with van der Waals surface area (Å²) in [6, 6.07) is 17.5. The van der Waals surface area contributed by atoms with E-state index in [2.05, 4.69) is 25.7 Å². The molecule has 1 aliphatic heterocycles. The number of aromatic nitrogens is 4. The Hall–Kier alpha value is -4.86. The van der Waals surface area contributed by atoms with Crippen LogP contribution in [0.5, 0.6) is 0 Å². The molecule has 2 N–H and O–H groups in total. The predicted molar refractivity (Wildman–Crippen MR) is 129 cm³/mol. The molecule has 3 amide bonds. The lowest BCUT2D eigenvalue weighted by atomic mass is 10.1. The summed E-state index contributed by atoms with van der Waals surface area (Å²) in [6.07, 6.45) is 5.49. The first kappa shape index (κ1) is 22.0. The van der Waals surface area contributed by atoms with Gasteiger partial charge in [-0.1, -0.05) is 12.1 Å². The smallest absolute Gasteiger partial charge is 0.261 e. The molecule has 0 radical (unpaired) electrons. The predicted octanol–water partition coefficient (Wildman–Crippen LogP) is 3.42. The van der Waals surface area contributed by atoms with Crippen molar-refractivity contribution in [1.82, 2.24) is 24.6 Å². The van der Waals surface area contributed by atoms with Gasteiger partial charge in [-0.05, 0) is 48.9 Å². The van der Waals surface area contributed by atoms with Crippen LogP contribution in [0, 0.1) is 0 Å². The Kier molecular flexibility index (Phi) is 6.00. The molecule has 0 bridgehead atoms. The molecule has 10 nitrogen and oxygen atoms in total. The van der Waals surface area contributed by atoms with Gasteiger partial charge >= 0.3 is 0 Å². The van der Waals surface area contributed by atoms with Crippen molar-refractivity contribution >= 4 is 34.9 Å². The maximum absolute atomic E-state index is 12.4. The Morgan fingerprint density at radius 3 is 2.29 bits per heavy atom. The third-order valence-electron chi connectivity index (χ3n) is 5.50. The lowest BCUT2D eigenvalue weighted by Gasteiger charge is -2.13. The van der Waals surface area contributed by atoms with E-state index in [4.69, 9.17) is 0 Å². The topological polar surface area (TPSA) is 122 Å². The van der Waals surface area contributed by atoms with Crippen molar-refractivity contribution in [3.8, 4) is 5.82 Å². The van der Waals surface area contributed by atoms with Crippen LogP contribution in [0.3, 0.4) is 0 Å². The molecule has 0 fully saturated rings. The number of hydrogen-bond acceptors (Lipinski definition) is 7. The number of imide groups is 1. The first-order chi connectivity index (χ1) is 17.1. The van der Waals surface area contributed by atoms with Gasteiger partial charge in [0.15, 0.2) is 5.82 Å². The van der Waals surface area contributed by atoms with E-state index in [1.807, 2.05) is 18.2 Å². The highest BCUT2D eigenvalue weighted by molar-refractivity contribution is 6.21. The molecule has 2 aromatic carbocycles. The summed E-state index contributed by atoms with van der Waals surface area (Å²) in [5.74, 6) is 0.430. The highest BCUT2D eigenvalue weighted by Crippen LogP contribution is 2.23. The number of carbonyl (C=O) groups is 3. The monoisotopic (exact) mass is 467 g/mol. The van der Waals surface area contributed by atoms with E-state index in [0.717, 1.165) is 5.69 Å². The van der Waals surface area contributed by atoms with Crippen molar-refractivity contribution < 1.29 is 14.4 Å². The number of nitrogens with zero attached hydrogens (tertiary/aromatic N) is 5. The molecule has 1 aliphatic rings. The van der Waals surface area contributed by atoms with E-state index in [1.54, 1.807) is 59.5 Å². The number of anilines is 3. The normalized spacial score (nSPS) is 12.5. The van der Waals surface area contributed by atoms with Crippen LogP contribution in [0.1, 0.15) is 33.6 Å². The summed E-state index contributed by atoms with van der Waals surface area (Å²) in [7, 11) is 0. The first-order valence-electron chi connectivity index (χ1n) is 11.0. The number of hydrogen-bond donors (Lipinski definition) is 2. The second-order valence-corrected chi connectivity index (χ2v) is 7.87. The molecule has 0 spiro atoms. The zero-order valence-corrected chi connectivity index (χ0v) is 18.6. The van der Waals surface area contributed by atoms with Crippen molar-refractivity contribution in [3.63, 3.8) is 0 Å². The van der Waals surface area contributed by atoms with E-state index >= 15 is 0 Å². The third-order valence-corrected chi connectivity index (χ3v) is 5.50. The maximum Gasteiger partial charge on any atom is 0.261 e. The average molecular weight is 467 g/mol. The van der Waals surface area contributed by atoms with Gasteiger partial charge in [0.05, 0.1) is 11.1 Å². The van der Waals surface area contributed by atoms with E-state index in [0.29, 0.717) is 34.9 Å². The molecular formula is C25H21N7O3. The number of rotatable bonds is 8. The van der Waals surface area contributed by atoms with E-state index < -0.39 is 0 Å². The SMILES string of the molecule is O=C(CCCN1C(=O)c2ccccc2C1=O)Nc1ccc(Nc2cc(-n3cccn3)ncn2)cc1. The van der Waals surface area contributed by atoms with Crippen LogP contribution in [-0.2, 0) is 4.79 Å². The molecule has 10 heteroatoms. The van der Waals surface area contributed by atoms with Crippen LogP contribution in [0.2, 0.25) is 0 Å². The van der Waals surface area contributed by atoms with E-state index in [9.17, 15) is 14.4 Å². The molecule has 174 valence electrons. The van der Waals surface area contributed by atoms with Gasteiger partial charge in [-0.25, -0.2) is 14.6 Å². The standard InChI is InChI=1S/C25H21N7O3/c33-23(7-3-13-31-24(34)19-5-1-2-6-20(19)25(31)35)30-18-10-8-17(9-11-18)29-21-15-22(27-16-26-21)32-14-4-12-28-32/h1-2,4-6,8-12,14-16H,3,7,13H2,(H,30,33)(H,26,27,29). The zero-order valence-electron chi connectivity index (χ0n) is 18.6. The largest absolute Gasteiger partial charge is 0.340 e. The maximum atomic E-state index is 12.4. The fraction of sp³-hybridized carbons (Fsp3) is 0.120. The summed E-state index contributed by atoms with van der Waals surface area (Å²) in [5, 5.41) is 10.2. The minimum Gasteiger partial charge on any atom is -0.340 e. The quantitative estimate of drug-likeness (QED) is 0.381. The van der Waals surface area contributed by atoms with Crippen LogP contribution < -0.4 is 10.6 Å². The van der Waals surface area contributed by atoms with Crippen molar-refractivity contribution in [2.24, 2.45) is 0 Å². The van der Waals surface area contributed by atoms with Crippen LogP contribution in [0.15, 0.2) is 79.4 Å². The third kappa shape index (κ3) is 4.76. The van der Waals surface area contributed by atoms with Crippen LogP contribution in [0.25, 0.3) is 5.82 Å². The van der Waals surface area contributed by atoms with Crippen LogP contribution >= 0.6 is 0 Å². The summed E-state index contributed by atoms with van der Waals surface area (Å²) < 4.78 is 1.64. The van der Waals surface area contributed by atoms with Gasteiger partial charge in [0.25, 0.3) is 11.8 Å². The summed E-state index contributed by atoms with van der Waals surface area (Å²) in [5.41, 5.74) is 2.25. The van der Waals surface area contributed by atoms with Gasteiger partial charge in [-0.3, -0.25) is 19.3 Å². The second kappa shape index (κ2) is 9.56. The summed E-state index contributed by atoms with van der Waals surface area (Å²) in [4.78, 5) is 46.8. The van der Waals surface area contributed by atoms with Crippen molar-refractivity contribution in [1.29, 1.82) is 0 Å². The number of carbonyl (C=O) groups excluding carboxylic acids is 3. The Balaban J connectivity index is 1.11. The zero-order chi connectivity index (χ0) is 24.2. The summed E-state index contributed by atoms with van der Waals surface area (Å²) >= 11 is 0. The molecule has 0 saturated heterocycles. The molecule has 0 saturated carbocycles. The summed E-state index contributed by atoms with van der Waals surface area (Å²) in [6.45, 7) is 0.197. The number of nitrogens with one attached hydrogen (secondary N) is 2. The Bertz CT molecular complexity index is 1350. The van der Waals surface area contributed by atoms with Gasteiger partial charge in [-0.2, -0.15) is 5.10 Å². The Morgan fingerprint density at radius 1 is 0.886 bits per heavy atom. The van der Waals surface area contributed by atoms with Gasteiger partial charge < -0.3 is 10.6 Å². The molecule has 35 heavy (non-hydrogen) atoms. The fourth-order valence-electron chi connectivity index (χ4n) is 3.79. The molecule has 3 heterocycles. The molecule has 0 unspecified atom stereocenters. The molecule has 2 aromatic heterocycles. The molecule has 5 rings (SSSR count). The van der Waals surface area contributed by atoms with Crippen molar-refractivity contribution in [3.05, 3.63) is 90.5 Å². The van der Waals surface area contributed by atoms with Crippen molar-refractivity contribution in [2.75, 3.05) is 17.2 Å². The van der Waals surface area contributed by atoms with Gasteiger partial charge in [0.2, 0.25) is 5.91 Å². The van der Waals surface area contributed by atoms with Gasteiger partial charge in [0.1, 0.15) is 12.1 Å². The van der Waals surface area contributed by atoms with E-state index in [1.165, 1.54) is 11.2 Å². The Morgan fingerprint density at radius 2 is 1.60 bits per heavy atom. The van der Waals surface area contributed by atoms with E-state index in [-0.39, 0.29) is 30.7 Å². The lowest BCUT2D eigenvalue weighted by molar-refractivity contribution is -0.116. The number of fused-ring (bicyclic) bond motifs is 1. The van der Waals surface area contributed by atoms with Crippen LogP contribution in [-0.4, -0.2) is 48.9 Å². The lowest BCUT2D eigenvalue weighted by Crippen LogP contribution is -2.31. The van der Waals surface area contributed by atoms with Crippen molar-refractivity contribution in [2.45, 2.75) is 12.8 Å². The Labute approximate surface area is 200 Å². The number of amides is 3. The molecule has 4 aromatic rings. The first-order valence-corrected chi connectivity index (χ1v) is 11.0. The average Bonchev–Trinajstić information content (AvgIpc) is 3.50. The highest BCUT2D eigenvalue weighted by atomic mass is 16.2. The minimum absolute atomic E-state index is 0.185. The number of benzene rings is 2. The minimum atomic E-state index is -0.311.